The molecule has 0 radical (unpaired) electrons. The van der Waals surface area contributed by atoms with Gasteiger partial charge < -0.3 is 19.5 Å². The van der Waals surface area contributed by atoms with E-state index in [9.17, 15) is 4.79 Å². The lowest BCUT2D eigenvalue weighted by molar-refractivity contribution is -0.122. The fraction of sp³-hybridized carbons (Fsp3) is 0.208. The van der Waals surface area contributed by atoms with Crippen LogP contribution in [0, 0.1) is 0 Å². The van der Waals surface area contributed by atoms with Gasteiger partial charge in [0.05, 0.1) is 6.61 Å². The van der Waals surface area contributed by atoms with Crippen LogP contribution in [0.25, 0.3) is 11.1 Å². The van der Waals surface area contributed by atoms with Crippen LogP contribution in [0.4, 0.5) is 5.69 Å². The predicted octanol–water partition coefficient (Wildman–Crippen LogP) is 4.78. The second-order valence-corrected chi connectivity index (χ2v) is 6.51. The van der Waals surface area contributed by atoms with Gasteiger partial charge in [0.15, 0.2) is 6.10 Å². The molecule has 0 heterocycles. The highest BCUT2D eigenvalue weighted by Gasteiger charge is 2.15. The normalized spacial score (nSPS) is 11.5. The smallest absolute Gasteiger partial charge is 0.265 e. The fourth-order valence-electron chi connectivity index (χ4n) is 2.74. The lowest BCUT2D eigenvalue weighted by Gasteiger charge is -2.15. The van der Waals surface area contributed by atoms with Crippen molar-refractivity contribution >= 4 is 11.6 Å². The Morgan fingerprint density at radius 3 is 2.10 bits per heavy atom. The molecule has 0 aliphatic rings. The van der Waals surface area contributed by atoms with Crippen LogP contribution in [0.15, 0.2) is 78.9 Å². The molecule has 1 atom stereocenters. The van der Waals surface area contributed by atoms with Crippen LogP contribution in [0.3, 0.4) is 0 Å². The summed E-state index contributed by atoms with van der Waals surface area (Å²) < 4.78 is 16.2. The Morgan fingerprint density at radius 1 is 0.828 bits per heavy atom. The number of carbonyl (C=O) groups is 1. The van der Waals surface area contributed by atoms with Crippen molar-refractivity contribution in [2.24, 2.45) is 0 Å². The number of rotatable bonds is 9. The zero-order chi connectivity index (χ0) is 20.5. The van der Waals surface area contributed by atoms with Gasteiger partial charge in [0, 0.05) is 12.8 Å². The average Bonchev–Trinajstić information content (AvgIpc) is 2.76. The molecule has 0 fully saturated rings. The van der Waals surface area contributed by atoms with Crippen LogP contribution in [-0.4, -0.2) is 32.3 Å². The number of amides is 1. The average molecular weight is 391 g/mol. The molecule has 3 rings (SSSR count). The molecular weight excluding hydrogens is 366 g/mol. The summed E-state index contributed by atoms with van der Waals surface area (Å²) in [5, 5.41) is 2.85. The third kappa shape index (κ3) is 6.09. The van der Waals surface area contributed by atoms with Crippen molar-refractivity contribution in [3.05, 3.63) is 78.9 Å². The summed E-state index contributed by atoms with van der Waals surface area (Å²) in [6.07, 6.45) is -0.629. The van der Waals surface area contributed by atoms with E-state index in [1.807, 2.05) is 42.5 Å². The maximum atomic E-state index is 12.4. The molecule has 3 aromatic carbocycles. The van der Waals surface area contributed by atoms with Gasteiger partial charge in [-0.1, -0.05) is 42.5 Å². The maximum Gasteiger partial charge on any atom is 0.265 e. The zero-order valence-corrected chi connectivity index (χ0v) is 16.6. The number of hydrogen-bond acceptors (Lipinski definition) is 4. The molecule has 5 heteroatoms. The Kier molecular flexibility index (Phi) is 7.25. The Balaban J connectivity index is 1.52. The van der Waals surface area contributed by atoms with Crippen molar-refractivity contribution < 1.29 is 19.0 Å². The molecule has 0 aromatic heterocycles. The molecule has 1 amide bonds. The minimum Gasteiger partial charge on any atom is -0.491 e. The summed E-state index contributed by atoms with van der Waals surface area (Å²) in [4.78, 5) is 12.4. The van der Waals surface area contributed by atoms with Gasteiger partial charge in [-0.15, -0.1) is 0 Å². The van der Waals surface area contributed by atoms with Crippen molar-refractivity contribution in [2.75, 3.05) is 25.6 Å². The van der Waals surface area contributed by atoms with Crippen molar-refractivity contribution in [3.8, 4) is 22.6 Å². The highest BCUT2D eigenvalue weighted by molar-refractivity contribution is 5.94. The first kappa shape index (κ1) is 20.4. The first-order chi connectivity index (χ1) is 14.2. The Labute approximate surface area is 171 Å². The minimum absolute atomic E-state index is 0.217. The number of nitrogens with one attached hydrogen (secondary N) is 1. The Morgan fingerprint density at radius 2 is 1.45 bits per heavy atom. The number of benzene rings is 3. The molecule has 0 bridgehead atoms. The van der Waals surface area contributed by atoms with Gasteiger partial charge in [-0.25, -0.2) is 0 Å². The SMILES string of the molecule is COCCOc1ccc(NC(=O)C(C)Oc2ccc(-c3ccccc3)cc2)cc1. The van der Waals surface area contributed by atoms with E-state index < -0.39 is 6.10 Å². The molecule has 1 N–H and O–H groups in total. The van der Waals surface area contributed by atoms with Gasteiger partial charge in [0.25, 0.3) is 5.91 Å². The number of methoxy groups -OCH3 is 1. The molecule has 150 valence electrons. The molecule has 0 aliphatic carbocycles. The van der Waals surface area contributed by atoms with Gasteiger partial charge in [-0.3, -0.25) is 4.79 Å². The summed E-state index contributed by atoms with van der Waals surface area (Å²) in [6, 6.07) is 25.0. The maximum absolute atomic E-state index is 12.4. The van der Waals surface area contributed by atoms with Crippen LogP contribution in [-0.2, 0) is 9.53 Å². The van der Waals surface area contributed by atoms with Crippen molar-refractivity contribution in [3.63, 3.8) is 0 Å². The first-order valence-corrected chi connectivity index (χ1v) is 9.50. The van der Waals surface area contributed by atoms with Gasteiger partial charge in [-0.2, -0.15) is 0 Å². The van der Waals surface area contributed by atoms with Gasteiger partial charge >= 0.3 is 0 Å². The first-order valence-electron chi connectivity index (χ1n) is 9.50. The molecule has 1 unspecified atom stereocenters. The summed E-state index contributed by atoms with van der Waals surface area (Å²) >= 11 is 0. The summed E-state index contributed by atoms with van der Waals surface area (Å²) in [5.41, 5.74) is 2.92. The highest BCUT2D eigenvalue weighted by atomic mass is 16.5. The number of anilines is 1. The molecule has 0 spiro atoms. The van der Waals surface area contributed by atoms with Crippen LogP contribution in [0.2, 0.25) is 0 Å². The molecule has 0 saturated heterocycles. The minimum atomic E-state index is -0.629. The third-order valence-corrected chi connectivity index (χ3v) is 4.32. The van der Waals surface area contributed by atoms with Gasteiger partial charge in [0.1, 0.15) is 18.1 Å². The fourth-order valence-corrected chi connectivity index (χ4v) is 2.74. The second kappa shape index (κ2) is 10.3. The van der Waals surface area contributed by atoms with E-state index in [-0.39, 0.29) is 5.91 Å². The molecule has 29 heavy (non-hydrogen) atoms. The topological polar surface area (TPSA) is 56.8 Å². The molecule has 0 aliphatic heterocycles. The lowest BCUT2D eigenvalue weighted by atomic mass is 10.1. The summed E-state index contributed by atoms with van der Waals surface area (Å²) in [5.74, 6) is 1.15. The number of ether oxygens (including phenoxy) is 3. The van der Waals surface area contributed by atoms with Gasteiger partial charge in [-0.05, 0) is 54.4 Å². The summed E-state index contributed by atoms with van der Waals surface area (Å²) in [6.45, 7) is 2.73. The third-order valence-electron chi connectivity index (χ3n) is 4.32. The molecule has 0 saturated carbocycles. The van der Waals surface area contributed by atoms with Crippen molar-refractivity contribution in [1.82, 2.24) is 0 Å². The van der Waals surface area contributed by atoms with E-state index in [4.69, 9.17) is 14.2 Å². The van der Waals surface area contributed by atoms with E-state index in [1.54, 1.807) is 38.3 Å². The van der Waals surface area contributed by atoms with E-state index in [2.05, 4.69) is 17.4 Å². The van der Waals surface area contributed by atoms with Crippen LogP contribution < -0.4 is 14.8 Å². The Bertz CT molecular complexity index is 892. The molecular formula is C24H25NO4. The van der Waals surface area contributed by atoms with Crippen LogP contribution >= 0.6 is 0 Å². The standard InChI is InChI=1S/C24H25NO4/c1-18(24(26)25-21-10-14-22(15-11-21)28-17-16-27-2)29-23-12-8-20(9-13-23)19-6-4-3-5-7-19/h3-15,18H,16-17H2,1-2H3,(H,25,26). The number of hydrogen-bond donors (Lipinski definition) is 1. The van der Waals surface area contributed by atoms with E-state index in [1.165, 1.54) is 0 Å². The van der Waals surface area contributed by atoms with E-state index in [0.29, 0.717) is 24.7 Å². The predicted molar refractivity (Wildman–Crippen MR) is 114 cm³/mol. The van der Waals surface area contributed by atoms with E-state index in [0.717, 1.165) is 16.9 Å². The van der Waals surface area contributed by atoms with Crippen LogP contribution in [0.5, 0.6) is 11.5 Å². The van der Waals surface area contributed by atoms with Crippen LogP contribution in [0.1, 0.15) is 6.92 Å². The highest BCUT2D eigenvalue weighted by Crippen LogP contribution is 2.23. The van der Waals surface area contributed by atoms with Crippen molar-refractivity contribution in [1.29, 1.82) is 0 Å². The van der Waals surface area contributed by atoms with Gasteiger partial charge in [0.2, 0.25) is 0 Å². The van der Waals surface area contributed by atoms with Crippen molar-refractivity contribution in [2.45, 2.75) is 13.0 Å². The quantitative estimate of drug-likeness (QED) is 0.533. The zero-order valence-electron chi connectivity index (χ0n) is 16.6. The summed E-state index contributed by atoms with van der Waals surface area (Å²) in [7, 11) is 1.63. The molecule has 5 nitrogen and oxygen atoms in total. The monoisotopic (exact) mass is 391 g/mol. The second-order valence-electron chi connectivity index (χ2n) is 6.51. The Hall–Kier alpha value is -3.31. The lowest BCUT2D eigenvalue weighted by Crippen LogP contribution is -2.30. The van der Waals surface area contributed by atoms with E-state index >= 15 is 0 Å². The largest absolute Gasteiger partial charge is 0.491 e. The molecule has 3 aromatic rings. The number of carbonyl (C=O) groups excluding carboxylic acids is 1.